The zero-order valence-corrected chi connectivity index (χ0v) is 8.02. The standard InChI is InChI=1S/C7H16O2Si/c1-5-8-10(4,7-3)9-6-2/h7H,3,5-6H2,1-2,4H3/p+1. The summed E-state index contributed by atoms with van der Waals surface area (Å²) in [7, 11) is -1.96. The highest BCUT2D eigenvalue weighted by molar-refractivity contribution is 6.71. The van der Waals surface area contributed by atoms with Crippen LogP contribution in [-0.4, -0.2) is 21.8 Å². The molecule has 0 N–H and O–H groups in total. The van der Waals surface area contributed by atoms with Crippen molar-refractivity contribution in [3.63, 3.8) is 0 Å². The van der Waals surface area contributed by atoms with Crippen molar-refractivity contribution < 1.29 is 10.3 Å². The van der Waals surface area contributed by atoms with Crippen LogP contribution in [0.25, 0.3) is 0 Å². The molecule has 0 unspecified atom stereocenters. The fraction of sp³-hybridized carbons (Fsp3) is 0.714. The first-order valence-electron chi connectivity index (χ1n) is 3.60. The van der Waals surface area contributed by atoms with E-state index in [1.165, 1.54) is 0 Å². The third-order valence-corrected chi connectivity index (χ3v) is 3.70. The Morgan fingerprint density at radius 1 is 1.40 bits per heavy atom. The van der Waals surface area contributed by atoms with Gasteiger partial charge in [0.1, 0.15) is 0 Å². The second-order valence-corrected chi connectivity index (χ2v) is 5.10. The summed E-state index contributed by atoms with van der Waals surface area (Å²) in [5.74, 6) is 0. The molecular weight excluding hydrogens is 144 g/mol. The largest absolute Gasteiger partial charge is 1.00 e. The van der Waals surface area contributed by atoms with Crippen molar-refractivity contribution >= 4 is 8.56 Å². The highest BCUT2D eigenvalue weighted by Gasteiger charge is 2.25. The molecule has 60 valence electrons. The van der Waals surface area contributed by atoms with Crippen molar-refractivity contribution in [2.75, 3.05) is 13.2 Å². The third kappa shape index (κ3) is 3.15. The maximum atomic E-state index is 5.42. The predicted octanol–water partition coefficient (Wildman–Crippen LogP) is 1.97. The van der Waals surface area contributed by atoms with Gasteiger partial charge in [0.15, 0.2) is 0 Å². The van der Waals surface area contributed by atoms with E-state index in [1.807, 2.05) is 20.4 Å². The maximum absolute atomic E-state index is 5.42. The van der Waals surface area contributed by atoms with E-state index in [4.69, 9.17) is 8.85 Å². The fourth-order valence-corrected chi connectivity index (χ4v) is 2.20. The van der Waals surface area contributed by atoms with E-state index in [2.05, 4.69) is 6.58 Å². The van der Waals surface area contributed by atoms with Crippen LogP contribution in [0.5, 0.6) is 0 Å². The number of hydrogen-bond donors (Lipinski definition) is 0. The molecule has 0 aromatic carbocycles. The summed E-state index contributed by atoms with van der Waals surface area (Å²) >= 11 is 0. The van der Waals surface area contributed by atoms with Gasteiger partial charge in [0, 0.05) is 13.2 Å². The van der Waals surface area contributed by atoms with Crippen LogP contribution >= 0.6 is 0 Å². The van der Waals surface area contributed by atoms with E-state index >= 15 is 0 Å². The van der Waals surface area contributed by atoms with Gasteiger partial charge in [-0.15, -0.1) is 6.58 Å². The molecule has 0 aromatic rings. The average molecular weight is 161 g/mol. The first kappa shape index (κ1) is 9.88. The Labute approximate surface area is 65.6 Å². The Morgan fingerprint density at radius 3 is 2.00 bits per heavy atom. The molecule has 0 aliphatic carbocycles. The Hall–Kier alpha value is -0.123. The van der Waals surface area contributed by atoms with Crippen molar-refractivity contribution in [2.45, 2.75) is 20.4 Å². The molecule has 0 spiro atoms. The minimum atomic E-state index is -1.96. The quantitative estimate of drug-likeness (QED) is 0.574. The van der Waals surface area contributed by atoms with Crippen LogP contribution < -0.4 is 0 Å². The second-order valence-electron chi connectivity index (χ2n) is 2.09. The van der Waals surface area contributed by atoms with Crippen molar-refractivity contribution in [1.29, 1.82) is 0 Å². The van der Waals surface area contributed by atoms with E-state index in [9.17, 15) is 0 Å². The van der Waals surface area contributed by atoms with Crippen LogP contribution in [-0.2, 0) is 8.85 Å². The van der Waals surface area contributed by atoms with Crippen LogP contribution in [0.15, 0.2) is 12.3 Å². The monoisotopic (exact) mass is 161 g/mol. The molecule has 0 atom stereocenters. The molecule has 0 saturated heterocycles. The second kappa shape index (κ2) is 4.66. The lowest BCUT2D eigenvalue weighted by Gasteiger charge is -2.21. The van der Waals surface area contributed by atoms with Crippen molar-refractivity contribution in [1.82, 2.24) is 0 Å². The van der Waals surface area contributed by atoms with Gasteiger partial charge in [-0.3, -0.25) is 0 Å². The Bertz CT molecular complexity index is 103. The van der Waals surface area contributed by atoms with Crippen LogP contribution in [0.4, 0.5) is 0 Å². The molecule has 0 aliphatic heterocycles. The van der Waals surface area contributed by atoms with E-state index in [-0.39, 0.29) is 1.43 Å². The number of rotatable bonds is 5. The smallest absolute Gasteiger partial charge is 0.392 e. The molecule has 10 heavy (non-hydrogen) atoms. The summed E-state index contributed by atoms with van der Waals surface area (Å²) in [6.45, 7) is 11.0. The molecule has 0 bridgehead atoms. The summed E-state index contributed by atoms with van der Waals surface area (Å²) in [6.07, 6.45) is 0. The van der Waals surface area contributed by atoms with E-state index in [0.29, 0.717) is 13.2 Å². The summed E-state index contributed by atoms with van der Waals surface area (Å²) in [4.78, 5) is 0. The molecule has 0 heterocycles. The molecule has 2 nitrogen and oxygen atoms in total. The van der Waals surface area contributed by atoms with Crippen LogP contribution in [0.3, 0.4) is 0 Å². The first-order chi connectivity index (χ1) is 4.68. The molecule has 0 aliphatic rings. The first-order valence-corrected chi connectivity index (χ1v) is 5.99. The van der Waals surface area contributed by atoms with Gasteiger partial charge in [0.2, 0.25) is 0 Å². The molecule has 0 aromatic heterocycles. The lowest BCUT2D eigenvalue weighted by Crippen LogP contribution is -2.36. The molecule has 0 rings (SSSR count). The fourth-order valence-electron chi connectivity index (χ4n) is 0.733. The Morgan fingerprint density at radius 2 is 1.80 bits per heavy atom. The SMILES string of the molecule is C=C[Si](C)(OCC)OCC.[H+]. The topological polar surface area (TPSA) is 18.5 Å². The highest BCUT2D eigenvalue weighted by Crippen LogP contribution is 2.06. The lowest BCUT2D eigenvalue weighted by atomic mass is 10.9. The van der Waals surface area contributed by atoms with E-state index in [0.717, 1.165) is 0 Å². The summed E-state index contributed by atoms with van der Waals surface area (Å²) in [6, 6.07) is 0. The Balaban J connectivity index is 0. The van der Waals surface area contributed by atoms with Gasteiger partial charge in [-0.2, -0.15) is 0 Å². The predicted molar refractivity (Wildman–Crippen MR) is 46.2 cm³/mol. The van der Waals surface area contributed by atoms with Gasteiger partial charge < -0.3 is 8.85 Å². The third-order valence-electron chi connectivity index (χ3n) is 1.23. The van der Waals surface area contributed by atoms with Gasteiger partial charge in [0.25, 0.3) is 0 Å². The normalized spacial score (nSPS) is 11.5. The van der Waals surface area contributed by atoms with Gasteiger partial charge in [-0.05, 0) is 26.1 Å². The van der Waals surface area contributed by atoms with Gasteiger partial charge in [0.05, 0.1) is 0 Å². The zero-order valence-electron chi connectivity index (χ0n) is 8.02. The van der Waals surface area contributed by atoms with Gasteiger partial charge in [-0.25, -0.2) is 0 Å². The lowest BCUT2D eigenvalue weighted by molar-refractivity contribution is 0.201. The van der Waals surface area contributed by atoms with Crippen LogP contribution in [0.2, 0.25) is 6.55 Å². The average Bonchev–Trinajstić information content (AvgIpc) is 1.89. The van der Waals surface area contributed by atoms with E-state index < -0.39 is 8.56 Å². The van der Waals surface area contributed by atoms with Gasteiger partial charge >= 0.3 is 9.99 Å². The summed E-state index contributed by atoms with van der Waals surface area (Å²) in [5.41, 5.74) is 1.81. The van der Waals surface area contributed by atoms with Crippen molar-refractivity contribution in [3.05, 3.63) is 12.3 Å². The Kier molecular flexibility index (Phi) is 4.60. The minimum Gasteiger partial charge on any atom is -0.392 e. The minimum absolute atomic E-state index is 0. The summed E-state index contributed by atoms with van der Waals surface area (Å²) < 4.78 is 10.8. The molecule has 0 radical (unpaired) electrons. The maximum Gasteiger partial charge on any atom is 1.00 e. The molecule has 0 saturated carbocycles. The van der Waals surface area contributed by atoms with Crippen molar-refractivity contribution in [2.24, 2.45) is 0 Å². The molecule has 3 heteroatoms. The van der Waals surface area contributed by atoms with Gasteiger partial charge in [-0.1, -0.05) is 0 Å². The van der Waals surface area contributed by atoms with Crippen LogP contribution in [0, 0.1) is 0 Å². The van der Waals surface area contributed by atoms with E-state index in [1.54, 1.807) is 5.70 Å². The summed E-state index contributed by atoms with van der Waals surface area (Å²) in [5, 5.41) is 0. The molecular formula is C7H17O2Si+. The number of hydrogen-bond acceptors (Lipinski definition) is 2. The molecule has 0 amide bonds. The molecule has 0 fully saturated rings. The zero-order chi connectivity index (χ0) is 8.04. The van der Waals surface area contributed by atoms with Crippen molar-refractivity contribution in [3.8, 4) is 0 Å². The van der Waals surface area contributed by atoms with Crippen LogP contribution in [0.1, 0.15) is 15.3 Å². The highest BCUT2D eigenvalue weighted by atomic mass is 28.4.